The van der Waals surface area contributed by atoms with Crippen molar-refractivity contribution in [1.29, 1.82) is 0 Å². The minimum absolute atomic E-state index is 0.0223. The van der Waals surface area contributed by atoms with Gasteiger partial charge in [-0.1, -0.05) is 19.1 Å². The minimum Gasteiger partial charge on any atom is -0.480 e. The lowest BCUT2D eigenvalue weighted by Crippen LogP contribution is -2.56. The van der Waals surface area contributed by atoms with Crippen molar-refractivity contribution in [2.24, 2.45) is 5.92 Å². The highest BCUT2D eigenvalue weighted by molar-refractivity contribution is 7.99. The summed E-state index contributed by atoms with van der Waals surface area (Å²) in [5, 5.41) is 23.7. The summed E-state index contributed by atoms with van der Waals surface area (Å²) in [6.45, 7) is 2.43. The highest BCUT2D eigenvalue weighted by Gasteiger charge is 2.50. The zero-order valence-corrected chi connectivity index (χ0v) is 12.6. The van der Waals surface area contributed by atoms with E-state index in [1.165, 1.54) is 17.8 Å². The fraction of sp³-hybridized carbons (Fsp3) is 0.500. The van der Waals surface area contributed by atoms with E-state index in [1.54, 1.807) is 18.2 Å². The second-order valence-corrected chi connectivity index (χ2v) is 6.11. The fourth-order valence-corrected chi connectivity index (χ4v) is 3.75. The van der Waals surface area contributed by atoms with Crippen molar-refractivity contribution in [2.75, 3.05) is 12.3 Å². The van der Waals surface area contributed by atoms with Gasteiger partial charge in [0.05, 0.1) is 9.82 Å². The zero-order valence-electron chi connectivity index (χ0n) is 11.7. The number of carboxylic acid groups (broad SMARTS) is 1. The predicted molar refractivity (Wildman–Crippen MR) is 80.6 cm³/mol. The van der Waals surface area contributed by atoms with Gasteiger partial charge in [-0.15, -0.1) is 11.8 Å². The molecular formula is C14H18N2O4S. The Balaban J connectivity index is 2.19. The van der Waals surface area contributed by atoms with Crippen LogP contribution in [0.2, 0.25) is 0 Å². The van der Waals surface area contributed by atoms with Gasteiger partial charge in [0.15, 0.2) is 0 Å². The molecule has 7 heteroatoms. The van der Waals surface area contributed by atoms with Crippen molar-refractivity contribution < 1.29 is 14.8 Å². The van der Waals surface area contributed by atoms with Crippen molar-refractivity contribution in [3.8, 4) is 0 Å². The van der Waals surface area contributed by atoms with Gasteiger partial charge < -0.3 is 10.4 Å². The van der Waals surface area contributed by atoms with E-state index in [1.807, 2.05) is 6.92 Å². The van der Waals surface area contributed by atoms with E-state index < -0.39 is 16.4 Å². The normalized spacial score (nSPS) is 17.2. The molecule has 0 radical (unpaired) electrons. The number of nitrogens with zero attached hydrogens (tertiary/aromatic N) is 1. The summed E-state index contributed by atoms with van der Waals surface area (Å²) in [7, 11) is 0. The molecule has 1 fully saturated rings. The first kappa shape index (κ1) is 15.8. The third kappa shape index (κ3) is 3.36. The van der Waals surface area contributed by atoms with Gasteiger partial charge in [0.25, 0.3) is 5.69 Å². The number of rotatable bonds is 8. The predicted octanol–water partition coefficient (Wildman–Crippen LogP) is 2.53. The van der Waals surface area contributed by atoms with Gasteiger partial charge in [0, 0.05) is 11.8 Å². The number of hydrogen-bond acceptors (Lipinski definition) is 5. The molecule has 1 atom stereocenters. The molecule has 2 N–H and O–H groups in total. The summed E-state index contributed by atoms with van der Waals surface area (Å²) < 4.78 is 0. The second-order valence-electron chi connectivity index (χ2n) is 5.09. The van der Waals surface area contributed by atoms with Crippen LogP contribution in [0.3, 0.4) is 0 Å². The van der Waals surface area contributed by atoms with Gasteiger partial charge in [-0.25, -0.2) is 0 Å². The number of carbonyl (C=O) groups is 1. The van der Waals surface area contributed by atoms with Gasteiger partial charge >= 0.3 is 5.97 Å². The molecule has 1 aliphatic carbocycles. The minimum atomic E-state index is -0.997. The van der Waals surface area contributed by atoms with Crippen LogP contribution in [0.15, 0.2) is 29.2 Å². The maximum Gasteiger partial charge on any atom is 0.325 e. The average Bonchev–Trinajstić information content (AvgIpc) is 3.28. The van der Waals surface area contributed by atoms with Crippen molar-refractivity contribution >= 4 is 23.4 Å². The van der Waals surface area contributed by atoms with Crippen molar-refractivity contribution in [3.05, 3.63) is 34.4 Å². The van der Waals surface area contributed by atoms with E-state index in [0.29, 0.717) is 11.4 Å². The lowest BCUT2D eigenvalue weighted by Gasteiger charge is -2.30. The summed E-state index contributed by atoms with van der Waals surface area (Å²) in [4.78, 5) is 22.8. The van der Waals surface area contributed by atoms with E-state index in [2.05, 4.69) is 5.32 Å². The van der Waals surface area contributed by atoms with Crippen LogP contribution in [0, 0.1) is 16.0 Å². The molecule has 0 spiro atoms. The zero-order chi connectivity index (χ0) is 15.5. The Hall–Kier alpha value is -1.60. The van der Waals surface area contributed by atoms with Crippen LogP contribution in [-0.4, -0.2) is 33.8 Å². The van der Waals surface area contributed by atoms with E-state index in [-0.39, 0.29) is 17.4 Å². The van der Waals surface area contributed by atoms with Gasteiger partial charge in [-0.3, -0.25) is 14.9 Å². The molecule has 1 saturated carbocycles. The van der Waals surface area contributed by atoms with Crippen molar-refractivity contribution in [1.82, 2.24) is 5.32 Å². The SMILES string of the molecule is CCNC(CSc1ccccc1[N+](=O)[O-])(C(=O)O)C1CC1. The standard InChI is InChI=1S/C14H18N2O4S/c1-2-15-14(13(17)18,10-7-8-10)9-21-12-6-4-3-5-11(12)16(19)20/h3-6,10,15H,2,7-9H2,1H3,(H,17,18). The van der Waals surface area contributed by atoms with E-state index in [4.69, 9.17) is 0 Å². The average molecular weight is 310 g/mol. The highest BCUT2D eigenvalue weighted by atomic mass is 32.2. The van der Waals surface area contributed by atoms with Crippen LogP contribution in [0.4, 0.5) is 5.69 Å². The maximum absolute atomic E-state index is 11.7. The van der Waals surface area contributed by atoms with Crippen LogP contribution in [0.5, 0.6) is 0 Å². The Morgan fingerprint density at radius 2 is 2.19 bits per heavy atom. The highest BCUT2D eigenvalue weighted by Crippen LogP contribution is 2.43. The Morgan fingerprint density at radius 1 is 1.52 bits per heavy atom. The molecule has 1 aliphatic rings. The number of carboxylic acids is 1. The van der Waals surface area contributed by atoms with Crippen LogP contribution < -0.4 is 5.32 Å². The number of nitrogens with one attached hydrogen (secondary N) is 1. The summed E-state index contributed by atoms with van der Waals surface area (Å²) in [5.74, 6) is -0.491. The van der Waals surface area contributed by atoms with Crippen LogP contribution >= 0.6 is 11.8 Å². The number of likely N-dealkylation sites (N-methyl/N-ethyl adjacent to an activating group) is 1. The molecule has 114 valence electrons. The number of thioether (sulfide) groups is 1. The van der Waals surface area contributed by atoms with E-state index in [0.717, 1.165) is 12.8 Å². The van der Waals surface area contributed by atoms with E-state index >= 15 is 0 Å². The molecule has 0 aliphatic heterocycles. The smallest absolute Gasteiger partial charge is 0.325 e. The molecule has 2 rings (SSSR count). The molecule has 1 unspecified atom stereocenters. The maximum atomic E-state index is 11.7. The van der Waals surface area contributed by atoms with Gasteiger partial charge in [0.2, 0.25) is 0 Å². The third-order valence-corrected chi connectivity index (χ3v) is 4.92. The quantitative estimate of drug-likeness (QED) is 0.435. The lowest BCUT2D eigenvalue weighted by atomic mass is 9.96. The Kier molecular flexibility index (Phi) is 4.84. The number of para-hydroxylation sites is 1. The molecule has 21 heavy (non-hydrogen) atoms. The monoisotopic (exact) mass is 310 g/mol. The summed E-state index contributed by atoms with van der Waals surface area (Å²) in [5.41, 5.74) is -0.975. The number of nitro benzene ring substituents is 1. The fourth-order valence-electron chi connectivity index (χ4n) is 2.44. The second kappa shape index (κ2) is 6.44. The topological polar surface area (TPSA) is 92.5 Å². The number of nitro groups is 1. The summed E-state index contributed by atoms with van der Waals surface area (Å²) in [6, 6.07) is 6.43. The lowest BCUT2D eigenvalue weighted by molar-refractivity contribution is -0.387. The molecule has 1 aromatic carbocycles. The van der Waals surface area contributed by atoms with Gasteiger partial charge in [-0.2, -0.15) is 0 Å². The number of aliphatic carboxylic acids is 1. The van der Waals surface area contributed by atoms with Crippen molar-refractivity contribution in [2.45, 2.75) is 30.2 Å². The molecule has 0 aromatic heterocycles. The van der Waals surface area contributed by atoms with Crippen molar-refractivity contribution in [3.63, 3.8) is 0 Å². The molecular weight excluding hydrogens is 292 g/mol. The Labute approximate surface area is 127 Å². The van der Waals surface area contributed by atoms with Gasteiger partial charge in [0.1, 0.15) is 5.54 Å². The van der Waals surface area contributed by atoms with E-state index in [9.17, 15) is 20.0 Å². The number of hydrogen-bond donors (Lipinski definition) is 2. The van der Waals surface area contributed by atoms with Crippen LogP contribution in [0.25, 0.3) is 0 Å². The summed E-state index contributed by atoms with van der Waals surface area (Å²) in [6.07, 6.45) is 1.77. The van der Waals surface area contributed by atoms with Gasteiger partial charge in [-0.05, 0) is 31.4 Å². The van der Waals surface area contributed by atoms with Crippen LogP contribution in [-0.2, 0) is 4.79 Å². The first-order valence-corrected chi connectivity index (χ1v) is 7.84. The first-order valence-electron chi connectivity index (χ1n) is 6.86. The first-order chi connectivity index (χ1) is 10.0. The number of benzene rings is 1. The molecule has 0 amide bonds. The Morgan fingerprint density at radius 3 is 2.71 bits per heavy atom. The summed E-state index contributed by atoms with van der Waals surface area (Å²) >= 11 is 1.23. The molecule has 0 saturated heterocycles. The van der Waals surface area contributed by atoms with Crippen LogP contribution in [0.1, 0.15) is 19.8 Å². The molecule has 0 bridgehead atoms. The molecule has 6 nitrogen and oxygen atoms in total. The molecule has 0 heterocycles. The third-order valence-electron chi connectivity index (χ3n) is 3.67. The molecule has 1 aromatic rings. The Bertz CT molecular complexity index is 548. The largest absolute Gasteiger partial charge is 0.480 e.